The number of rotatable bonds is 8. The van der Waals surface area contributed by atoms with Crippen molar-refractivity contribution in [3.05, 3.63) is 35.9 Å². The zero-order chi connectivity index (χ0) is 12.8. The molecule has 1 fully saturated rings. The van der Waals surface area contributed by atoms with Crippen LogP contribution in [0, 0.1) is 0 Å². The Morgan fingerprint density at radius 3 is 2.67 bits per heavy atom. The minimum atomic E-state index is 0.441. The molecule has 2 rings (SSSR count). The van der Waals surface area contributed by atoms with Crippen molar-refractivity contribution >= 4 is 0 Å². The molecule has 18 heavy (non-hydrogen) atoms. The Balaban J connectivity index is 1.83. The number of benzene rings is 1. The predicted octanol–water partition coefficient (Wildman–Crippen LogP) is 1.89. The third-order valence-electron chi connectivity index (χ3n) is 3.48. The summed E-state index contributed by atoms with van der Waals surface area (Å²) in [6, 6.07) is 11.8. The normalized spacial score (nSPS) is 17.1. The van der Waals surface area contributed by atoms with E-state index in [4.69, 9.17) is 4.74 Å². The summed E-state index contributed by atoms with van der Waals surface area (Å²) in [7, 11) is 3.95. The van der Waals surface area contributed by atoms with Crippen LogP contribution in [0.5, 0.6) is 0 Å². The van der Waals surface area contributed by atoms with Crippen LogP contribution in [-0.2, 0) is 11.3 Å². The Labute approximate surface area is 110 Å². The van der Waals surface area contributed by atoms with E-state index in [0.29, 0.717) is 6.04 Å². The summed E-state index contributed by atoms with van der Waals surface area (Å²) in [5, 5.41) is 3.59. The molecule has 0 bridgehead atoms. The molecular formula is C15H24N2O. The fourth-order valence-corrected chi connectivity index (χ4v) is 2.13. The van der Waals surface area contributed by atoms with E-state index >= 15 is 0 Å². The van der Waals surface area contributed by atoms with E-state index in [1.165, 1.54) is 18.4 Å². The lowest BCUT2D eigenvalue weighted by molar-refractivity contribution is 0.101. The first-order valence-electron chi connectivity index (χ1n) is 6.76. The standard InChI is InChI=1S/C15H24N2O/c1-17(11-13-6-4-3-5-7-13)15(12-18-2)10-16-14-8-9-14/h3-7,14-16H,8-12H2,1-2H3. The van der Waals surface area contributed by atoms with Crippen molar-refractivity contribution in [3.8, 4) is 0 Å². The molecule has 0 aromatic heterocycles. The summed E-state index contributed by atoms with van der Waals surface area (Å²) in [5.41, 5.74) is 1.35. The quantitative estimate of drug-likeness (QED) is 0.760. The van der Waals surface area contributed by atoms with Crippen LogP contribution in [0.4, 0.5) is 0 Å². The van der Waals surface area contributed by atoms with Crippen molar-refractivity contribution in [2.24, 2.45) is 0 Å². The molecule has 1 aromatic rings. The maximum Gasteiger partial charge on any atom is 0.0630 e. The summed E-state index contributed by atoms with van der Waals surface area (Å²) in [4.78, 5) is 2.37. The van der Waals surface area contributed by atoms with Gasteiger partial charge in [-0.3, -0.25) is 4.90 Å². The SMILES string of the molecule is COCC(CNC1CC1)N(C)Cc1ccccc1. The van der Waals surface area contributed by atoms with E-state index in [0.717, 1.165) is 25.7 Å². The van der Waals surface area contributed by atoms with Gasteiger partial charge in [0.15, 0.2) is 0 Å². The molecule has 1 N–H and O–H groups in total. The molecule has 1 atom stereocenters. The first kappa shape index (κ1) is 13.5. The average molecular weight is 248 g/mol. The van der Waals surface area contributed by atoms with Crippen LogP contribution in [0.2, 0.25) is 0 Å². The third kappa shape index (κ3) is 4.41. The molecule has 1 aliphatic rings. The van der Waals surface area contributed by atoms with E-state index in [-0.39, 0.29) is 0 Å². The molecular weight excluding hydrogens is 224 g/mol. The summed E-state index contributed by atoms with van der Waals surface area (Å²) in [6.07, 6.45) is 2.67. The van der Waals surface area contributed by atoms with Gasteiger partial charge in [0.25, 0.3) is 0 Å². The number of ether oxygens (including phenoxy) is 1. The first-order valence-corrected chi connectivity index (χ1v) is 6.76. The van der Waals surface area contributed by atoms with Crippen LogP contribution in [0.25, 0.3) is 0 Å². The van der Waals surface area contributed by atoms with Gasteiger partial charge < -0.3 is 10.1 Å². The molecule has 0 amide bonds. The van der Waals surface area contributed by atoms with Crippen molar-refractivity contribution < 1.29 is 4.74 Å². The molecule has 1 saturated carbocycles. The maximum atomic E-state index is 5.33. The van der Waals surface area contributed by atoms with E-state index in [1.807, 2.05) is 0 Å². The van der Waals surface area contributed by atoms with Crippen molar-refractivity contribution in [3.63, 3.8) is 0 Å². The Kier molecular flexibility index (Phi) is 5.17. The lowest BCUT2D eigenvalue weighted by Crippen LogP contribution is -2.43. The highest BCUT2D eigenvalue weighted by Gasteiger charge is 2.23. The smallest absolute Gasteiger partial charge is 0.0630 e. The first-order chi connectivity index (χ1) is 8.79. The van der Waals surface area contributed by atoms with Gasteiger partial charge in [-0.05, 0) is 25.5 Å². The van der Waals surface area contributed by atoms with Crippen LogP contribution in [-0.4, -0.2) is 44.3 Å². The Bertz CT molecular complexity index is 338. The number of hydrogen-bond donors (Lipinski definition) is 1. The fraction of sp³-hybridized carbons (Fsp3) is 0.600. The van der Waals surface area contributed by atoms with Gasteiger partial charge in [-0.25, -0.2) is 0 Å². The number of nitrogens with one attached hydrogen (secondary N) is 1. The zero-order valence-electron chi connectivity index (χ0n) is 11.4. The number of methoxy groups -OCH3 is 1. The average Bonchev–Trinajstić information content (AvgIpc) is 3.19. The van der Waals surface area contributed by atoms with Crippen LogP contribution in [0.1, 0.15) is 18.4 Å². The van der Waals surface area contributed by atoms with Crippen molar-refractivity contribution in [2.45, 2.75) is 31.5 Å². The van der Waals surface area contributed by atoms with Crippen LogP contribution in [0.15, 0.2) is 30.3 Å². The summed E-state index contributed by atoms with van der Waals surface area (Å²) < 4.78 is 5.33. The van der Waals surface area contributed by atoms with E-state index in [1.54, 1.807) is 7.11 Å². The molecule has 1 unspecified atom stereocenters. The molecule has 1 aliphatic carbocycles. The van der Waals surface area contributed by atoms with Crippen molar-refractivity contribution in [1.29, 1.82) is 0 Å². The van der Waals surface area contributed by atoms with Gasteiger partial charge in [0.05, 0.1) is 6.61 Å². The topological polar surface area (TPSA) is 24.5 Å². The lowest BCUT2D eigenvalue weighted by atomic mass is 10.2. The molecule has 3 nitrogen and oxygen atoms in total. The lowest BCUT2D eigenvalue weighted by Gasteiger charge is -2.28. The summed E-state index contributed by atoms with van der Waals surface area (Å²) >= 11 is 0. The largest absolute Gasteiger partial charge is 0.383 e. The minimum Gasteiger partial charge on any atom is -0.383 e. The molecule has 0 saturated heterocycles. The Morgan fingerprint density at radius 2 is 2.06 bits per heavy atom. The highest BCUT2D eigenvalue weighted by molar-refractivity contribution is 5.14. The predicted molar refractivity (Wildman–Crippen MR) is 74.6 cm³/mol. The second-order valence-corrected chi connectivity index (χ2v) is 5.19. The van der Waals surface area contributed by atoms with Crippen LogP contribution in [0.3, 0.4) is 0 Å². The molecule has 0 aliphatic heterocycles. The van der Waals surface area contributed by atoms with Gasteiger partial charge >= 0.3 is 0 Å². The van der Waals surface area contributed by atoms with Gasteiger partial charge in [0, 0.05) is 32.3 Å². The summed E-state index contributed by atoms with van der Waals surface area (Å²) in [6.45, 7) is 2.77. The number of likely N-dealkylation sites (N-methyl/N-ethyl adjacent to an activating group) is 1. The van der Waals surface area contributed by atoms with Gasteiger partial charge in [-0.15, -0.1) is 0 Å². The van der Waals surface area contributed by atoms with Crippen molar-refractivity contribution in [2.75, 3.05) is 27.3 Å². The zero-order valence-corrected chi connectivity index (χ0v) is 11.4. The molecule has 0 spiro atoms. The fourth-order valence-electron chi connectivity index (χ4n) is 2.13. The van der Waals surface area contributed by atoms with Gasteiger partial charge in [-0.1, -0.05) is 30.3 Å². The van der Waals surface area contributed by atoms with Crippen molar-refractivity contribution in [1.82, 2.24) is 10.2 Å². The second kappa shape index (κ2) is 6.88. The highest BCUT2D eigenvalue weighted by Crippen LogP contribution is 2.18. The Hall–Kier alpha value is -0.900. The van der Waals surface area contributed by atoms with E-state index < -0.39 is 0 Å². The summed E-state index contributed by atoms with van der Waals surface area (Å²) in [5.74, 6) is 0. The molecule has 100 valence electrons. The molecule has 3 heteroatoms. The van der Waals surface area contributed by atoms with E-state index in [9.17, 15) is 0 Å². The monoisotopic (exact) mass is 248 g/mol. The minimum absolute atomic E-state index is 0.441. The molecule has 0 radical (unpaired) electrons. The third-order valence-corrected chi connectivity index (χ3v) is 3.48. The number of nitrogens with zero attached hydrogens (tertiary/aromatic N) is 1. The second-order valence-electron chi connectivity index (χ2n) is 5.19. The van der Waals surface area contributed by atoms with Crippen LogP contribution >= 0.6 is 0 Å². The van der Waals surface area contributed by atoms with E-state index in [2.05, 4.69) is 47.6 Å². The maximum absolute atomic E-state index is 5.33. The Morgan fingerprint density at radius 1 is 1.33 bits per heavy atom. The number of hydrogen-bond acceptors (Lipinski definition) is 3. The van der Waals surface area contributed by atoms with Crippen LogP contribution < -0.4 is 5.32 Å². The van der Waals surface area contributed by atoms with Gasteiger partial charge in [0.1, 0.15) is 0 Å². The molecule has 0 heterocycles. The van der Waals surface area contributed by atoms with Gasteiger partial charge in [-0.2, -0.15) is 0 Å². The molecule has 1 aromatic carbocycles. The van der Waals surface area contributed by atoms with Gasteiger partial charge in [0.2, 0.25) is 0 Å². The highest BCUT2D eigenvalue weighted by atomic mass is 16.5.